The highest BCUT2D eigenvalue weighted by Crippen LogP contribution is 2.26. The second-order valence-corrected chi connectivity index (χ2v) is 4.68. The molecule has 1 aromatic rings. The van der Waals surface area contributed by atoms with E-state index in [4.69, 9.17) is 5.73 Å². The molecule has 0 aliphatic carbocycles. The highest BCUT2D eigenvalue weighted by molar-refractivity contribution is 5.97. The molecule has 2 rings (SSSR count). The Balaban J connectivity index is 2.10. The van der Waals surface area contributed by atoms with Crippen LogP contribution in [0.4, 0.5) is 0 Å². The van der Waals surface area contributed by atoms with E-state index in [0.717, 1.165) is 12.8 Å². The van der Waals surface area contributed by atoms with E-state index in [0.29, 0.717) is 25.6 Å². The summed E-state index contributed by atoms with van der Waals surface area (Å²) >= 11 is 0. The second kappa shape index (κ2) is 5.27. The number of nitrogens with zero attached hydrogens (tertiary/aromatic N) is 1. The Morgan fingerprint density at radius 1 is 1.44 bits per heavy atom. The maximum Gasteiger partial charge on any atom is 0.257 e. The first kappa shape index (κ1) is 12.7. The van der Waals surface area contributed by atoms with Crippen LogP contribution < -0.4 is 5.73 Å². The Kier molecular flexibility index (Phi) is 3.72. The van der Waals surface area contributed by atoms with E-state index in [1.807, 2.05) is 0 Å². The molecule has 1 heterocycles. The number of hydrogen-bond acceptors (Lipinski definition) is 4. The van der Waals surface area contributed by atoms with Crippen LogP contribution in [0.2, 0.25) is 0 Å². The summed E-state index contributed by atoms with van der Waals surface area (Å²) in [6.45, 7) is 1.98. The summed E-state index contributed by atoms with van der Waals surface area (Å²) in [7, 11) is 0. The summed E-state index contributed by atoms with van der Waals surface area (Å²) in [6, 6.07) is 3.98. The van der Waals surface area contributed by atoms with Gasteiger partial charge in [-0.3, -0.25) is 4.79 Å². The van der Waals surface area contributed by atoms with E-state index >= 15 is 0 Å². The monoisotopic (exact) mass is 250 g/mol. The van der Waals surface area contributed by atoms with E-state index in [2.05, 4.69) is 0 Å². The summed E-state index contributed by atoms with van der Waals surface area (Å²) in [5.41, 5.74) is 5.66. The Morgan fingerprint density at radius 2 is 2.22 bits per heavy atom. The molecule has 1 fully saturated rings. The zero-order chi connectivity index (χ0) is 13.1. The van der Waals surface area contributed by atoms with Crippen molar-refractivity contribution in [3.63, 3.8) is 0 Å². The topological polar surface area (TPSA) is 86.8 Å². The van der Waals surface area contributed by atoms with Gasteiger partial charge in [-0.15, -0.1) is 0 Å². The Hall–Kier alpha value is -1.75. The predicted molar refractivity (Wildman–Crippen MR) is 67.5 cm³/mol. The largest absolute Gasteiger partial charge is 0.508 e. The predicted octanol–water partition coefficient (Wildman–Crippen LogP) is 0.909. The van der Waals surface area contributed by atoms with Crippen molar-refractivity contribution in [1.29, 1.82) is 0 Å². The molecule has 1 unspecified atom stereocenters. The zero-order valence-electron chi connectivity index (χ0n) is 10.2. The van der Waals surface area contributed by atoms with Gasteiger partial charge in [-0.25, -0.2) is 0 Å². The fourth-order valence-electron chi connectivity index (χ4n) is 2.35. The lowest BCUT2D eigenvalue weighted by molar-refractivity contribution is 0.0783. The third-order valence-electron chi connectivity index (χ3n) is 3.36. The first-order valence-electron chi connectivity index (χ1n) is 6.13. The molecule has 1 aliphatic rings. The van der Waals surface area contributed by atoms with Crippen LogP contribution in [0.3, 0.4) is 0 Å². The fraction of sp³-hybridized carbons (Fsp3) is 0.462. The molecule has 0 aromatic heterocycles. The number of aromatic hydroxyl groups is 2. The number of amides is 1. The van der Waals surface area contributed by atoms with Crippen LogP contribution in [0.25, 0.3) is 0 Å². The molecule has 0 saturated carbocycles. The minimum atomic E-state index is -0.233. The standard InChI is InChI=1S/C13H18N2O3/c14-5-3-9-4-6-15(8-9)13(18)11-7-10(16)1-2-12(11)17/h1-2,7,9,16-17H,3-6,8,14H2. The molecule has 1 saturated heterocycles. The van der Waals surface area contributed by atoms with Gasteiger partial charge in [0.25, 0.3) is 5.91 Å². The molecule has 1 aromatic carbocycles. The number of carbonyl (C=O) groups excluding carboxylic acids is 1. The van der Waals surface area contributed by atoms with Gasteiger partial charge in [0, 0.05) is 13.1 Å². The Morgan fingerprint density at radius 3 is 2.94 bits per heavy atom. The summed E-state index contributed by atoms with van der Waals surface area (Å²) in [4.78, 5) is 13.9. The van der Waals surface area contributed by atoms with E-state index in [1.54, 1.807) is 4.90 Å². The molecule has 18 heavy (non-hydrogen) atoms. The maximum atomic E-state index is 12.2. The Labute approximate surface area is 106 Å². The third-order valence-corrected chi connectivity index (χ3v) is 3.36. The minimum Gasteiger partial charge on any atom is -0.508 e. The van der Waals surface area contributed by atoms with Gasteiger partial charge in [-0.1, -0.05) is 0 Å². The number of phenols is 2. The third kappa shape index (κ3) is 2.56. The first-order chi connectivity index (χ1) is 8.61. The lowest BCUT2D eigenvalue weighted by Crippen LogP contribution is -2.29. The van der Waals surface area contributed by atoms with Crippen molar-refractivity contribution in [2.24, 2.45) is 11.7 Å². The summed E-state index contributed by atoms with van der Waals surface area (Å²) < 4.78 is 0. The number of likely N-dealkylation sites (tertiary alicyclic amines) is 1. The van der Waals surface area contributed by atoms with E-state index in [-0.39, 0.29) is 23.0 Å². The average Bonchev–Trinajstić information content (AvgIpc) is 2.80. The molecule has 0 radical (unpaired) electrons. The summed E-state index contributed by atoms with van der Waals surface area (Å²) in [6.07, 6.45) is 1.86. The van der Waals surface area contributed by atoms with Crippen LogP contribution in [0.1, 0.15) is 23.2 Å². The number of rotatable bonds is 3. The fourth-order valence-corrected chi connectivity index (χ4v) is 2.35. The molecular weight excluding hydrogens is 232 g/mol. The van der Waals surface area contributed by atoms with Gasteiger partial charge in [0.15, 0.2) is 0 Å². The molecule has 98 valence electrons. The molecular formula is C13H18N2O3. The van der Waals surface area contributed by atoms with Gasteiger partial charge in [-0.2, -0.15) is 0 Å². The lowest BCUT2D eigenvalue weighted by Gasteiger charge is -2.17. The summed E-state index contributed by atoms with van der Waals surface area (Å²) in [5.74, 6) is 0.0928. The SMILES string of the molecule is NCCC1CCN(C(=O)c2cc(O)ccc2O)C1. The Bertz CT molecular complexity index is 448. The molecule has 4 N–H and O–H groups in total. The normalized spacial score (nSPS) is 19.2. The van der Waals surface area contributed by atoms with Gasteiger partial charge < -0.3 is 20.8 Å². The van der Waals surface area contributed by atoms with Crippen LogP contribution in [0, 0.1) is 5.92 Å². The molecule has 1 aliphatic heterocycles. The molecule has 0 bridgehead atoms. The number of nitrogens with two attached hydrogens (primary N) is 1. The van der Waals surface area contributed by atoms with Crippen molar-refractivity contribution in [3.05, 3.63) is 23.8 Å². The van der Waals surface area contributed by atoms with Crippen molar-refractivity contribution >= 4 is 5.91 Å². The van der Waals surface area contributed by atoms with E-state index in [9.17, 15) is 15.0 Å². The van der Waals surface area contributed by atoms with Gasteiger partial charge in [0.2, 0.25) is 0 Å². The lowest BCUT2D eigenvalue weighted by atomic mass is 10.1. The highest BCUT2D eigenvalue weighted by Gasteiger charge is 2.27. The van der Waals surface area contributed by atoms with E-state index in [1.165, 1.54) is 18.2 Å². The average molecular weight is 250 g/mol. The van der Waals surface area contributed by atoms with Crippen LogP contribution >= 0.6 is 0 Å². The molecule has 0 spiro atoms. The van der Waals surface area contributed by atoms with Gasteiger partial charge in [0.1, 0.15) is 11.5 Å². The number of carbonyl (C=O) groups is 1. The van der Waals surface area contributed by atoms with Crippen LogP contribution in [0.15, 0.2) is 18.2 Å². The number of hydrogen-bond donors (Lipinski definition) is 3. The van der Waals surface area contributed by atoms with Crippen molar-refractivity contribution in [2.75, 3.05) is 19.6 Å². The van der Waals surface area contributed by atoms with Gasteiger partial charge in [0.05, 0.1) is 5.56 Å². The quantitative estimate of drug-likeness (QED) is 0.696. The first-order valence-corrected chi connectivity index (χ1v) is 6.13. The van der Waals surface area contributed by atoms with Crippen LogP contribution in [-0.2, 0) is 0 Å². The van der Waals surface area contributed by atoms with Crippen molar-refractivity contribution < 1.29 is 15.0 Å². The van der Waals surface area contributed by atoms with Crippen molar-refractivity contribution in [1.82, 2.24) is 4.90 Å². The number of benzene rings is 1. The maximum absolute atomic E-state index is 12.2. The molecule has 1 atom stereocenters. The van der Waals surface area contributed by atoms with Crippen LogP contribution in [0.5, 0.6) is 11.5 Å². The smallest absolute Gasteiger partial charge is 0.257 e. The second-order valence-electron chi connectivity index (χ2n) is 4.68. The molecule has 5 nitrogen and oxygen atoms in total. The van der Waals surface area contributed by atoms with Crippen LogP contribution in [-0.4, -0.2) is 40.7 Å². The molecule has 5 heteroatoms. The van der Waals surface area contributed by atoms with Crippen molar-refractivity contribution in [3.8, 4) is 11.5 Å². The zero-order valence-corrected chi connectivity index (χ0v) is 10.2. The summed E-state index contributed by atoms with van der Waals surface area (Å²) in [5, 5.41) is 19.0. The van der Waals surface area contributed by atoms with E-state index < -0.39 is 0 Å². The minimum absolute atomic E-state index is 0.0196. The number of phenolic OH excluding ortho intramolecular Hbond substituents is 2. The van der Waals surface area contributed by atoms with Crippen molar-refractivity contribution in [2.45, 2.75) is 12.8 Å². The van der Waals surface area contributed by atoms with Gasteiger partial charge >= 0.3 is 0 Å². The highest BCUT2D eigenvalue weighted by atomic mass is 16.3. The van der Waals surface area contributed by atoms with Gasteiger partial charge in [-0.05, 0) is 43.5 Å². The molecule has 1 amide bonds.